The first kappa shape index (κ1) is 10.2. The van der Waals surface area contributed by atoms with Gasteiger partial charge in [-0.05, 0) is 6.54 Å². The van der Waals surface area contributed by atoms with Crippen molar-refractivity contribution in [2.24, 2.45) is 5.73 Å². The third-order valence-corrected chi connectivity index (χ3v) is 1.77. The van der Waals surface area contributed by atoms with Gasteiger partial charge in [-0.1, -0.05) is 0 Å². The zero-order chi connectivity index (χ0) is 9.90. The SMILES string of the molecule is NCCc1cn(NP(=O)(O)O)cn1. The van der Waals surface area contributed by atoms with Crippen LogP contribution in [-0.2, 0) is 11.0 Å². The summed E-state index contributed by atoms with van der Waals surface area (Å²) < 4.78 is 11.6. The zero-order valence-electron chi connectivity index (χ0n) is 6.79. The van der Waals surface area contributed by atoms with Gasteiger partial charge in [0, 0.05) is 12.6 Å². The number of nitrogens with one attached hydrogen (secondary N) is 1. The van der Waals surface area contributed by atoms with Crippen molar-refractivity contribution < 1.29 is 14.4 Å². The second-order valence-electron chi connectivity index (χ2n) is 2.45. The molecular formula is C5H11N4O3P. The Balaban J connectivity index is 2.64. The van der Waals surface area contributed by atoms with Crippen molar-refractivity contribution in [1.29, 1.82) is 0 Å². The molecule has 0 spiro atoms. The van der Waals surface area contributed by atoms with E-state index in [0.29, 0.717) is 18.7 Å². The third kappa shape index (κ3) is 3.56. The van der Waals surface area contributed by atoms with Crippen LogP contribution in [0.4, 0.5) is 0 Å². The lowest BCUT2D eigenvalue weighted by atomic mass is 10.3. The van der Waals surface area contributed by atoms with Crippen LogP contribution in [-0.4, -0.2) is 26.0 Å². The normalized spacial score (nSPS) is 11.6. The largest absolute Gasteiger partial charge is 0.441 e. The summed E-state index contributed by atoms with van der Waals surface area (Å²) in [4.78, 5) is 20.9. The highest BCUT2D eigenvalue weighted by atomic mass is 31.2. The average Bonchev–Trinajstić information content (AvgIpc) is 2.33. The fourth-order valence-corrected chi connectivity index (χ4v) is 1.26. The van der Waals surface area contributed by atoms with Gasteiger partial charge < -0.3 is 15.5 Å². The molecule has 5 N–H and O–H groups in total. The molecule has 0 aliphatic rings. The number of hydrogen-bond acceptors (Lipinski definition) is 3. The van der Waals surface area contributed by atoms with E-state index in [1.807, 2.05) is 5.20 Å². The Morgan fingerprint density at radius 1 is 1.69 bits per heavy atom. The van der Waals surface area contributed by atoms with Gasteiger partial charge in [0.25, 0.3) is 0 Å². The van der Waals surface area contributed by atoms with Gasteiger partial charge in [-0.15, -0.1) is 0 Å². The van der Waals surface area contributed by atoms with Gasteiger partial charge in [-0.25, -0.2) is 19.4 Å². The number of hydrogen-bond donors (Lipinski definition) is 4. The van der Waals surface area contributed by atoms with Crippen LogP contribution in [0.1, 0.15) is 5.69 Å². The molecule has 74 valence electrons. The molecule has 1 heterocycles. The summed E-state index contributed by atoms with van der Waals surface area (Å²) in [5, 5.41) is 1.94. The van der Waals surface area contributed by atoms with Crippen LogP contribution >= 0.6 is 7.75 Å². The highest BCUT2D eigenvalue weighted by Gasteiger charge is 2.11. The molecule has 0 aliphatic heterocycles. The zero-order valence-corrected chi connectivity index (χ0v) is 7.69. The minimum atomic E-state index is -4.25. The molecule has 0 fully saturated rings. The van der Waals surface area contributed by atoms with Crippen molar-refractivity contribution in [2.75, 3.05) is 11.7 Å². The molecule has 7 nitrogen and oxygen atoms in total. The van der Waals surface area contributed by atoms with Crippen molar-refractivity contribution in [2.45, 2.75) is 6.42 Å². The summed E-state index contributed by atoms with van der Waals surface area (Å²) >= 11 is 0. The Labute approximate surface area is 74.8 Å². The number of nitrogens with zero attached hydrogens (tertiary/aromatic N) is 2. The predicted molar refractivity (Wildman–Crippen MR) is 46.4 cm³/mol. The summed E-state index contributed by atoms with van der Waals surface area (Å²) in [5.74, 6) is 0. The number of imidazole rings is 1. The quantitative estimate of drug-likeness (QED) is 0.471. The number of aromatic nitrogens is 2. The molecule has 1 rings (SSSR count). The summed E-state index contributed by atoms with van der Waals surface area (Å²) in [5.41, 5.74) is 5.96. The number of rotatable bonds is 4. The van der Waals surface area contributed by atoms with E-state index < -0.39 is 7.75 Å². The first-order valence-electron chi connectivity index (χ1n) is 3.58. The highest BCUT2D eigenvalue weighted by Crippen LogP contribution is 2.29. The monoisotopic (exact) mass is 206 g/mol. The van der Waals surface area contributed by atoms with E-state index in [-0.39, 0.29) is 0 Å². The molecule has 13 heavy (non-hydrogen) atoms. The van der Waals surface area contributed by atoms with Gasteiger partial charge in [0.15, 0.2) is 0 Å². The van der Waals surface area contributed by atoms with E-state index in [1.165, 1.54) is 12.5 Å². The Bertz CT molecular complexity index is 319. The molecule has 0 saturated carbocycles. The van der Waals surface area contributed by atoms with Crippen LogP contribution in [0.15, 0.2) is 12.5 Å². The maximum atomic E-state index is 10.5. The van der Waals surface area contributed by atoms with Gasteiger partial charge in [-0.2, -0.15) is 0 Å². The minimum absolute atomic E-state index is 0.451. The molecule has 8 heteroatoms. The highest BCUT2D eigenvalue weighted by molar-refractivity contribution is 7.52. The smallest absolute Gasteiger partial charge is 0.330 e. The Morgan fingerprint density at radius 3 is 2.92 bits per heavy atom. The first-order chi connectivity index (χ1) is 6.01. The van der Waals surface area contributed by atoms with Crippen molar-refractivity contribution in [3.05, 3.63) is 18.2 Å². The summed E-state index contributed by atoms with van der Waals surface area (Å²) in [6, 6.07) is 0. The Morgan fingerprint density at radius 2 is 2.38 bits per heavy atom. The van der Waals surface area contributed by atoms with Crippen LogP contribution in [0.3, 0.4) is 0 Å². The summed E-state index contributed by atoms with van der Waals surface area (Å²) in [6.45, 7) is 0.451. The van der Waals surface area contributed by atoms with Crippen LogP contribution < -0.4 is 10.9 Å². The first-order valence-corrected chi connectivity index (χ1v) is 5.19. The second-order valence-corrected chi connectivity index (χ2v) is 3.74. The van der Waals surface area contributed by atoms with Crippen LogP contribution in [0.2, 0.25) is 0 Å². The third-order valence-electron chi connectivity index (χ3n) is 1.28. The molecule has 0 amide bonds. The molecule has 0 aliphatic carbocycles. The fraction of sp³-hybridized carbons (Fsp3) is 0.400. The molecule has 0 saturated heterocycles. The molecule has 0 atom stereocenters. The van der Waals surface area contributed by atoms with Crippen molar-refractivity contribution >= 4 is 7.75 Å². The maximum Gasteiger partial charge on any atom is 0.441 e. The number of nitrogens with two attached hydrogens (primary N) is 1. The van der Waals surface area contributed by atoms with Crippen molar-refractivity contribution in [3.8, 4) is 0 Å². The van der Waals surface area contributed by atoms with Gasteiger partial charge in [0.1, 0.15) is 6.33 Å². The summed E-state index contributed by atoms with van der Waals surface area (Å²) in [6.07, 6.45) is 3.34. The van der Waals surface area contributed by atoms with E-state index in [1.54, 1.807) is 0 Å². The Hall–Kier alpha value is -0.880. The van der Waals surface area contributed by atoms with E-state index in [2.05, 4.69) is 4.98 Å². The Kier molecular flexibility index (Phi) is 3.05. The molecule has 1 aromatic rings. The fourth-order valence-electron chi connectivity index (χ4n) is 0.846. The van der Waals surface area contributed by atoms with Gasteiger partial charge >= 0.3 is 7.75 Å². The standard InChI is InChI=1S/C5H11N4O3P/c6-2-1-5-3-9(4-7-5)8-13(10,11)12/h3-4H,1-2,6H2,(H3,8,10,11,12). The minimum Gasteiger partial charge on any atom is -0.330 e. The van der Waals surface area contributed by atoms with E-state index >= 15 is 0 Å². The average molecular weight is 206 g/mol. The van der Waals surface area contributed by atoms with Gasteiger partial charge in [0.05, 0.1) is 5.69 Å². The molecule has 0 radical (unpaired) electrons. The summed E-state index contributed by atoms with van der Waals surface area (Å²) in [7, 11) is -4.25. The second kappa shape index (κ2) is 3.89. The topological polar surface area (TPSA) is 113 Å². The van der Waals surface area contributed by atoms with Crippen molar-refractivity contribution in [1.82, 2.24) is 9.66 Å². The van der Waals surface area contributed by atoms with E-state index in [4.69, 9.17) is 15.5 Å². The van der Waals surface area contributed by atoms with Gasteiger partial charge in [-0.3, -0.25) is 0 Å². The molecular weight excluding hydrogens is 195 g/mol. The molecule has 1 aromatic heterocycles. The van der Waals surface area contributed by atoms with Crippen LogP contribution in [0, 0.1) is 0 Å². The van der Waals surface area contributed by atoms with Crippen LogP contribution in [0.25, 0.3) is 0 Å². The molecule has 0 bridgehead atoms. The predicted octanol–water partition coefficient (Wildman–Crippen LogP) is -0.980. The lowest BCUT2D eigenvalue weighted by Crippen LogP contribution is -2.08. The lowest BCUT2D eigenvalue weighted by molar-refractivity contribution is 0.374. The molecule has 0 aromatic carbocycles. The lowest BCUT2D eigenvalue weighted by Gasteiger charge is -2.06. The van der Waals surface area contributed by atoms with E-state index in [0.717, 1.165) is 4.68 Å². The van der Waals surface area contributed by atoms with Crippen LogP contribution in [0.5, 0.6) is 0 Å². The molecule has 0 unspecified atom stereocenters. The maximum absolute atomic E-state index is 10.5. The van der Waals surface area contributed by atoms with Crippen molar-refractivity contribution in [3.63, 3.8) is 0 Å². The van der Waals surface area contributed by atoms with Gasteiger partial charge in [0.2, 0.25) is 0 Å². The van der Waals surface area contributed by atoms with E-state index in [9.17, 15) is 4.57 Å².